The van der Waals surface area contributed by atoms with Crippen molar-refractivity contribution in [3.63, 3.8) is 0 Å². The first-order valence-electron chi connectivity index (χ1n) is 5.94. The number of halogens is 1. The highest BCUT2D eigenvalue weighted by Gasteiger charge is 2.20. The van der Waals surface area contributed by atoms with Crippen LogP contribution in [-0.4, -0.2) is 50.3 Å². The summed E-state index contributed by atoms with van der Waals surface area (Å²) in [7, 11) is -2.02. The van der Waals surface area contributed by atoms with Gasteiger partial charge in [-0.2, -0.15) is 0 Å². The Labute approximate surface area is 122 Å². The van der Waals surface area contributed by atoms with E-state index in [9.17, 15) is 13.2 Å². The van der Waals surface area contributed by atoms with Crippen molar-refractivity contribution in [2.75, 3.05) is 26.0 Å². The van der Waals surface area contributed by atoms with Crippen molar-refractivity contribution in [3.8, 4) is 0 Å². The molecule has 1 amide bonds. The van der Waals surface area contributed by atoms with Crippen LogP contribution < -0.4 is 5.32 Å². The molecule has 1 heterocycles. The van der Waals surface area contributed by atoms with Gasteiger partial charge in [-0.3, -0.25) is 4.79 Å². The first kappa shape index (κ1) is 16.8. The largest absolute Gasteiger partial charge is 0.385 e. The fourth-order valence-electron chi connectivity index (χ4n) is 1.29. The number of amides is 1. The van der Waals surface area contributed by atoms with Crippen LogP contribution in [-0.2, 0) is 14.6 Å². The third-order valence-electron chi connectivity index (χ3n) is 2.41. The molecule has 0 aliphatic carbocycles. The van der Waals surface area contributed by atoms with Crippen molar-refractivity contribution < 1.29 is 17.9 Å². The number of aromatic nitrogens is 2. The zero-order valence-corrected chi connectivity index (χ0v) is 12.8. The van der Waals surface area contributed by atoms with Crippen LogP contribution in [0.5, 0.6) is 0 Å². The fraction of sp³-hybridized carbons (Fsp3) is 0.545. The molecule has 0 radical (unpaired) electrons. The predicted molar refractivity (Wildman–Crippen MR) is 73.6 cm³/mol. The summed E-state index contributed by atoms with van der Waals surface area (Å²) in [5.74, 6) is -0.690. The van der Waals surface area contributed by atoms with E-state index in [2.05, 4.69) is 15.3 Å². The van der Waals surface area contributed by atoms with Crippen molar-refractivity contribution in [1.82, 2.24) is 15.3 Å². The van der Waals surface area contributed by atoms with Crippen LogP contribution >= 0.6 is 11.6 Å². The van der Waals surface area contributed by atoms with E-state index in [-0.39, 0.29) is 16.5 Å². The van der Waals surface area contributed by atoms with Crippen LogP contribution in [0.4, 0.5) is 0 Å². The van der Waals surface area contributed by atoms with E-state index in [0.29, 0.717) is 19.6 Å². The zero-order valence-electron chi connectivity index (χ0n) is 11.2. The first-order chi connectivity index (χ1) is 9.42. The molecule has 1 aromatic heterocycles. The number of carbonyl (C=O) groups excluding carboxylic acids is 1. The minimum absolute atomic E-state index is 0.00398. The maximum Gasteiger partial charge on any atom is 0.271 e. The van der Waals surface area contributed by atoms with Crippen molar-refractivity contribution in [1.29, 1.82) is 0 Å². The molecule has 0 aliphatic heterocycles. The molecule has 0 saturated heterocycles. The maximum atomic E-state index is 11.9. The van der Waals surface area contributed by atoms with Gasteiger partial charge in [-0.05, 0) is 6.42 Å². The van der Waals surface area contributed by atoms with Gasteiger partial charge in [0.1, 0.15) is 0 Å². The third kappa shape index (κ3) is 4.39. The lowest BCUT2D eigenvalue weighted by Gasteiger charge is -2.07. The molecule has 0 aromatic carbocycles. The van der Waals surface area contributed by atoms with E-state index in [4.69, 9.17) is 16.3 Å². The van der Waals surface area contributed by atoms with Gasteiger partial charge in [-0.25, -0.2) is 18.4 Å². The van der Waals surface area contributed by atoms with Crippen LogP contribution in [0.25, 0.3) is 0 Å². The second kappa shape index (κ2) is 7.51. The smallest absolute Gasteiger partial charge is 0.271 e. The standard InChI is InChI=1S/C11H16ClN3O4S/c1-3-20(17,18)11-14-7-8(12)9(15-11)10(16)13-5-4-6-19-2/h7H,3-6H2,1-2H3,(H,13,16). The Kier molecular flexibility index (Phi) is 6.31. The lowest BCUT2D eigenvalue weighted by atomic mass is 10.3. The highest BCUT2D eigenvalue weighted by Crippen LogP contribution is 2.15. The molecule has 1 aromatic rings. The normalized spacial score (nSPS) is 11.3. The van der Waals surface area contributed by atoms with Gasteiger partial charge in [0, 0.05) is 20.3 Å². The van der Waals surface area contributed by atoms with Crippen molar-refractivity contribution in [2.24, 2.45) is 0 Å². The maximum absolute atomic E-state index is 11.9. The Balaban J connectivity index is 2.89. The second-order valence-electron chi connectivity index (χ2n) is 3.85. The summed E-state index contributed by atoms with van der Waals surface area (Å²) in [6.45, 7) is 2.36. The Morgan fingerprint density at radius 1 is 1.50 bits per heavy atom. The van der Waals surface area contributed by atoms with Gasteiger partial charge in [-0.1, -0.05) is 18.5 Å². The topological polar surface area (TPSA) is 98.2 Å². The lowest BCUT2D eigenvalue weighted by molar-refractivity contribution is 0.0943. The molecule has 0 saturated carbocycles. The molecule has 1 rings (SSSR count). The Morgan fingerprint density at radius 2 is 2.20 bits per heavy atom. The molecule has 0 aliphatic rings. The van der Waals surface area contributed by atoms with Crippen LogP contribution in [0.3, 0.4) is 0 Å². The number of rotatable bonds is 7. The van der Waals surface area contributed by atoms with E-state index in [1.54, 1.807) is 7.11 Å². The summed E-state index contributed by atoms with van der Waals surface area (Å²) < 4.78 is 28.2. The summed E-state index contributed by atoms with van der Waals surface area (Å²) in [5.41, 5.74) is -0.147. The molecular weight excluding hydrogens is 306 g/mol. The summed E-state index contributed by atoms with van der Waals surface area (Å²) in [6.07, 6.45) is 1.74. The third-order valence-corrected chi connectivity index (χ3v) is 4.20. The zero-order chi connectivity index (χ0) is 15.2. The number of ether oxygens (including phenoxy) is 1. The van der Waals surface area contributed by atoms with E-state index in [0.717, 1.165) is 6.20 Å². The van der Waals surface area contributed by atoms with Crippen molar-refractivity contribution in [2.45, 2.75) is 18.5 Å². The van der Waals surface area contributed by atoms with Crippen LogP contribution in [0.15, 0.2) is 11.4 Å². The molecule has 1 N–H and O–H groups in total. The lowest BCUT2D eigenvalue weighted by Crippen LogP contribution is -2.27. The quantitative estimate of drug-likeness (QED) is 0.586. The number of methoxy groups -OCH3 is 1. The number of nitrogens with zero attached hydrogens (tertiary/aromatic N) is 2. The average molecular weight is 322 g/mol. The Bertz CT molecular complexity index is 577. The molecule has 0 atom stereocenters. The second-order valence-corrected chi connectivity index (χ2v) is 6.43. The molecule has 7 nitrogen and oxygen atoms in total. The molecule has 20 heavy (non-hydrogen) atoms. The first-order valence-corrected chi connectivity index (χ1v) is 7.97. The highest BCUT2D eigenvalue weighted by atomic mass is 35.5. The van der Waals surface area contributed by atoms with E-state index < -0.39 is 20.9 Å². The van der Waals surface area contributed by atoms with E-state index in [1.807, 2.05) is 0 Å². The minimum Gasteiger partial charge on any atom is -0.385 e. The monoisotopic (exact) mass is 321 g/mol. The van der Waals surface area contributed by atoms with E-state index >= 15 is 0 Å². The molecule has 112 valence electrons. The molecule has 0 bridgehead atoms. The SMILES string of the molecule is CCS(=O)(=O)c1ncc(Cl)c(C(=O)NCCCOC)n1. The van der Waals surface area contributed by atoms with Gasteiger partial charge >= 0.3 is 0 Å². The predicted octanol–water partition coefficient (Wildman–Crippen LogP) is 0.690. The van der Waals surface area contributed by atoms with Gasteiger partial charge in [0.15, 0.2) is 5.69 Å². The molecular formula is C11H16ClN3O4S. The fourth-order valence-corrected chi connectivity index (χ4v) is 2.17. The summed E-state index contributed by atoms with van der Waals surface area (Å²) in [5, 5.41) is 2.19. The Morgan fingerprint density at radius 3 is 2.80 bits per heavy atom. The highest BCUT2D eigenvalue weighted by molar-refractivity contribution is 7.91. The summed E-state index contributed by atoms with van der Waals surface area (Å²) in [6, 6.07) is 0. The summed E-state index contributed by atoms with van der Waals surface area (Å²) >= 11 is 5.82. The number of carbonyl (C=O) groups is 1. The van der Waals surface area contributed by atoms with Crippen molar-refractivity contribution in [3.05, 3.63) is 16.9 Å². The van der Waals surface area contributed by atoms with Crippen LogP contribution in [0.2, 0.25) is 5.02 Å². The van der Waals surface area contributed by atoms with Gasteiger partial charge in [0.2, 0.25) is 15.0 Å². The van der Waals surface area contributed by atoms with Gasteiger partial charge in [0.25, 0.3) is 5.91 Å². The van der Waals surface area contributed by atoms with Gasteiger partial charge in [-0.15, -0.1) is 0 Å². The van der Waals surface area contributed by atoms with E-state index in [1.165, 1.54) is 6.92 Å². The Hall–Kier alpha value is -1.25. The molecule has 0 unspecified atom stereocenters. The molecule has 9 heteroatoms. The number of nitrogens with one attached hydrogen (secondary N) is 1. The number of sulfone groups is 1. The summed E-state index contributed by atoms with van der Waals surface area (Å²) in [4.78, 5) is 19.3. The molecule has 0 spiro atoms. The van der Waals surface area contributed by atoms with Gasteiger partial charge < -0.3 is 10.1 Å². The number of hydrogen-bond donors (Lipinski definition) is 1. The average Bonchev–Trinajstić information content (AvgIpc) is 2.43. The van der Waals surface area contributed by atoms with Crippen LogP contribution in [0.1, 0.15) is 23.8 Å². The van der Waals surface area contributed by atoms with Gasteiger partial charge in [0.05, 0.1) is 17.0 Å². The van der Waals surface area contributed by atoms with Crippen LogP contribution in [0, 0.1) is 0 Å². The van der Waals surface area contributed by atoms with Crippen molar-refractivity contribution >= 4 is 27.3 Å². The minimum atomic E-state index is -3.58. The number of hydrogen-bond acceptors (Lipinski definition) is 6. The molecule has 0 fully saturated rings.